The quantitative estimate of drug-likeness (QED) is 0.490. The summed E-state index contributed by atoms with van der Waals surface area (Å²) in [4.78, 5) is 27.5. The number of aryl methyl sites for hydroxylation is 1. The molecule has 3 rings (SSSR count). The largest absolute Gasteiger partial charge is 0.493 e. The van der Waals surface area contributed by atoms with Gasteiger partial charge in [-0.1, -0.05) is 12.1 Å². The number of nitro groups is 1. The fraction of sp³-hybridized carbons (Fsp3) is 0.158. The molecule has 1 heterocycles. The standard InChI is InChI=1S/C19H17N3O5S/c1-11-7-8-12(9-15(11)22(24)25)20-18(23)14-10-28-19(21-14)13-5-4-6-16(26-2)17(13)27-3/h4-10H,1-3H3,(H,20,23). The molecule has 3 aromatic rings. The van der Waals surface area contributed by atoms with E-state index in [4.69, 9.17) is 9.47 Å². The molecule has 1 N–H and O–H groups in total. The summed E-state index contributed by atoms with van der Waals surface area (Å²) in [5, 5.41) is 15.9. The summed E-state index contributed by atoms with van der Waals surface area (Å²) in [6.45, 7) is 1.64. The number of rotatable bonds is 6. The summed E-state index contributed by atoms with van der Waals surface area (Å²) in [7, 11) is 3.08. The lowest BCUT2D eigenvalue weighted by atomic mass is 10.2. The number of benzene rings is 2. The van der Waals surface area contributed by atoms with Gasteiger partial charge in [0.25, 0.3) is 11.6 Å². The molecule has 0 bridgehead atoms. The zero-order valence-corrected chi connectivity index (χ0v) is 16.2. The number of carbonyl (C=O) groups excluding carboxylic acids is 1. The topological polar surface area (TPSA) is 104 Å². The fourth-order valence-electron chi connectivity index (χ4n) is 2.64. The maximum Gasteiger partial charge on any atom is 0.275 e. The first-order valence-corrected chi connectivity index (χ1v) is 9.06. The van der Waals surface area contributed by atoms with Crippen LogP contribution in [0.1, 0.15) is 16.1 Å². The van der Waals surface area contributed by atoms with E-state index in [1.54, 1.807) is 37.6 Å². The van der Waals surface area contributed by atoms with E-state index in [0.717, 1.165) is 0 Å². The summed E-state index contributed by atoms with van der Waals surface area (Å²) in [6, 6.07) is 9.92. The van der Waals surface area contributed by atoms with Gasteiger partial charge in [-0.2, -0.15) is 0 Å². The molecule has 144 valence electrons. The Morgan fingerprint density at radius 1 is 1.21 bits per heavy atom. The lowest BCUT2D eigenvalue weighted by Gasteiger charge is -2.10. The maximum atomic E-state index is 12.5. The Kier molecular flexibility index (Phi) is 5.55. The average molecular weight is 399 g/mol. The van der Waals surface area contributed by atoms with E-state index in [-0.39, 0.29) is 11.4 Å². The second kappa shape index (κ2) is 8.05. The molecule has 0 aliphatic rings. The van der Waals surface area contributed by atoms with Gasteiger partial charge in [0.15, 0.2) is 11.5 Å². The maximum absolute atomic E-state index is 12.5. The molecule has 9 heteroatoms. The van der Waals surface area contributed by atoms with Crippen LogP contribution in [0.4, 0.5) is 11.4 Å². The summed E-state index contributed by atoms with van der Waals surface area (Å²) in [5.74, 6) is 0.635. The number of ether oxygens (including phenoxy) is 2. The van der Waals surface area contributed by atoms with Crippen LogP contribution in [0.15, 0.2) is 41.8 Å². The van der Waals surface area contributed by atoms with Gasteiger partial charge in [0, 0.05) is 22.7 Å². The first-order valence-electron chi connectivity index (χ1n) is 8.18. The fourth-order valence-corrected chi connectivity index (χ4v) is 3.46. The van der Waals surface area contributed by atoms with Gasteiger partial charge in [-0.3, -0.25) is 14.9 Å². The molecular formula is C19H17N3O5S. The van der Waals surface area contributed by atoms with E-state index in [0.29, 0.717) is 33.3 Å². The van der Waals surface area contributed by atoms with Crippen LogP contribution in [0.3, 0.4) is 0 Å². The van der Waals surface area contributed by atoms with Gasteiger partial charge in [-0.25, -0.2) is 4.98 Å². The molecule has 2 aromatic carbocycles. The number of thiazole rings is 1. The van der Waals surface area contributed by atoms with Gasteiger partial charge in [-0.05, 0) is 25.1 Å². The van der Waals surface area contributed by atoms with Crippen molar-refractivity contribution < 1.29 is 19.2 Å². The van der Waals surface area contributed by atoms with Crippen LogP contribution in [-0.4, -0.2) is 30.0 Å². The van der Waals surface area contributed by atoms with Crippen molar-refractivity contribution in [2.24, 2.45) is 0 Å². The smallest absolute Gasteiger partial charge is 0.275 e. The van der Waals surface area contributed by atoms with Crippen LogP contribution in [0.2, 0.25) is 0 Å². The van der Waals surface area contributed by atoms with Crippen molar-refractivity contribution in [2.45, 2.75) is 6.92 Å². The van der Waals surface area contributed by atoms with Gasteiger partial charge in [-0.15, -0.1) is 11.3 Å². The van der Waals surface area contributed by atoms with Crippen LogP contribution < -0.4 is 14.8 Å². The van der Waals surface area contributed by atoms with Crippen LogP contribution >= 0.6 is 11.3 Å². The third-order valence-corrected chi connectivity index (χ3v) is 4.91. The van der Waals surface area contributed by atoms with E-state index in [2.05, 4.69) is 10.3 Å². The van der Waals surface area contributed by atoms with E-state index in [1.165, 1.54) is 24.5 Å². The highest BCUT2D eigenvalue weighted by Crippen LogP contribution is 2.39. The van der Waals surface area contributed by atoms with Crippen LogP contribution in [0, 0.1) is 17.0 Å². The molecule has 1 aromatic heterocycles. The normalized spacial score (nSPS) is 10.4. The highest BCUT2D eigenvalue weighted by atomic mass is 32.1. The number of amides is 1. The van der Waals surface area contributed by atoms with Gasteiger partial charge in [0.1, 0.15) is 10.7 Å². The zero-order valence-electron chi connectivity index (χ0n) is 15.4. The highest BCUT2D eigenvalue weighted by Gasteiger charge is 2.18. The molecular weight excluding hydrogens is 382 g/mol. The molecule has 8 nitrogen and oxygen atoms in total. The van der Waals surface area contributed by atoms with Gasteiger partial charge in [0.2, 0.25) is 0 Å². The van der Waals surface area contributed by atoms with Crippen molar-refractivity contribution in [3.05, 3.63) is 63.1 Å². The van der Waals surface area contributed by atoms with Gasteiger partial charge in [0.05, 0.1) is 24.7 Å². The number of hydrogen-bond donors (Lipinski definition) is 1. The second-order valence-electron chi connectivity index (χ2n) is 5.79. The molecule has 0 aliphatic carbocycles. The predicted molar refractivity (Wildman–Crippen MR) is 106 cm³/mol. The van der Waals surface area contributed by atoms with Crippen molar-refractivity contribution in [1.29, 1.82) is 0 Å². The Labute approximate surface area is 164 Å². The van der Waals surface area contributed by atoms with Crippen molar-refractivity contribution in [3.63, 3.8) is 0 Å². The lowest BCUT2D eigenvalue weighted by Crippen LogP contribution is -2.12. The Bertz CT molecular complexity index is 1050. The molecule has 0 atom stereocenters. The van der Waals surface area contributed by atoms with Crippen molar-refractivity contribution in [3.8, 4) is 22.1 Å². The molecule has 0 fully saturated rings. The summed E-state index contributed by atoms with van der Waals surface area (Å²) >= 11 is 1.29. The first-order chi connectivity index (χ1) is 13.4. The monoisotopic (exact) mass is 399 g/mol. The van der Waals surface area contributed by atoms with E-state index in [1.807, 2.05) is 12.1 Å². The van der Waals surface area contributed by atoms with Crippen molar-refractivity contribution >= 4 is 28.6 Å². The van der Waals surface area contributed by atoms with Crippen molar-refractivity contribution in [1.82, 2.24) is 4.98 Å². The van der Waals surface area contributed by atoms with Crippen LogP contribution in [0.5, 0.6) is 11.5 Å². The zero-order chi connectivity index (χ0) is 20.3. The summed E-state index contributed by atoms with van der Waals surface area (Å²) in [5.41, 5.74) is 1.70. The Hall–Kier alpha value is -3.46. The third kappa shape index (κ3) is 3.79. The van der Waals surface area contributed by atoms with Gasteiger partial charge < -0.3 is 14.8 Å². The van der Waals surface area contributed by atoms with Crippen LogP contribution in [0.25, 0.3) is 10.6 Å². The number of methoxy groups -OCH3 is 2. The Morgan fingerprint density at radius 3 is 2.68 bits per heavy atom. The van der Waals surface area contributed by atoms with Crippen molar-refractivity contribution in [2.75, 3.05) is 19.5 Å². The minimum absolute atomic E-state index is 0.0575. The molecule has 0 spiro atoms. The highest BCUT2D eigenvalue weighted by molar-refractivity contribution is 7.13. The molecule has 0 radical (unpaired) electrons. The number of nitrogens with zero attached hydrogens (tertiary/aromatic N) is 2. The minimum atomic E-state index is -0.485. The molecule has 0 unspecified atom stereocenters. The van der Waals surface area contributed by atoms with E-state index in [9.17, 15) is 14.9 Å². The third-order valence-electron chi connectivity index (χ3n) is 4.03. The number of carbonyl (C=O) groups is 1. The number of nitro benzene ring substituents is 1. The first kappa shape index (κ1) is 19.3. The van der Waals surface area contributed by atoms with E-state index >= 15 is 0 Å². The molecule has 0 saturated heterocycles. The van der Waals surface area contributed by atoms with Gasteiger partial charge >= 0.3 is 0 Å². The Morgan fingerprint density at radius 2 is 2.00 bits per heavy atom. The number of aromatic nitrogens is 1. The summed E-state index contributed by atoms with van der Waals surface area (Å²) < 4.78 is 10.7. The predicted octanol–water partition coefficient (Wildman–Crippen LogP) is 4.30. The number of nitrogens with one attached hydrogen (secondary N) is 1. The number of para-hydroxylation sites is 1. The van der Waals surface area contributed by atoms with Crippen LogP contribution in [-0.2, 0) is 0 Å². The molecule has 28 heavy (non-hydrogen) atoms. The van der Waals surface area contributed by atoms with E-state index < -0.39 is 10.8 Å². The average Bonchev–Trinajstić information content (AvgIpc) is 3.18. The number of hydrogen-bond acceptors (Lipinski definition) is 7. The number of anilines is 1. The molecule has 0 saturated carbocycles. The summed E-state index contributed by atoms with van der Waals surface area (Å²) in [6.07, 6.45) is 0. The SMILES string of the molecule is COc1cccc(-c2nc(C(=O)Nc3ccc(C)c([N+](=O)[O-])c3)cs2)c1OC. The molecule has 1 amide bonds. The second-order valence-corrected chi connectivity index (χ2v) is 6.65. The minimum Gasteiger partial charge on any atom is -0.493 e. The Balaban J connectivity index is 1.86. The lowest BCUT2D eigenvalue weighted by molar-refractivity contribution is -0.385. The molecule has 0 aliphatic heterocycles.